The van der Waals surface area contributed by atoms with Crippen LogP contribution in [0.25, 0.3) is 5.82 Å². The van der Waals surface area contributed by atoms with Gasteiger partial charge in [-0.25, -0.2) is 14.5 Å². The molecule has 19 heavy (non-hydrogen) atoms. The van der Waals surface area contributed by atoms with Gasteiger partial charge in [-0.15, -0.1) is 0 Å². The molecule has 0 saturated carbocycles. The predicted molar refractivity (Wildman–Crippen MR) is 66.8 cm³/mol. The molecular weight excluding hydrogens is 244 g/mol. The molecule has 0 aliphatic heterocycles. The first-order chi connectivity index (χ1) is 9.15. The molecule has 0 bridgehead atoms. The van der Waals surface area contributed by atoms with Crippen LogP contribution in [0.4, 0.5) is 0 Å². The Bertz CT molecular complexity index is 655. The van der Waals surface area contributed by atoms with E-state index in [1.807, 2.05) is 6.07 Å². The summed E-state index contributed by atoms with van der Waals surface area (Å²) in [5.74, 6) is -0.0533. The van der Waals surface area contributed by atoms with Crippen molar-refractivity contribution in [1.29, 1.82) is 5.26 Å². The van der Waals surface area contributed by atoms with E-state index in [0.29, 0.717) is 17.2 Å². The lowest BCUT2D eigenvalue weighted by molar-refractivity contribution is 0.0515. The largest absolute Gasteiger partial charge is 0.461 e. The van der Waals surface area contributed by atoms with Crippen molar-refractivity contribution in [3.05, 3.63) is 41.3 Å². The molecule has 0 spiro atoms. The summed E-state index contributed by atoms with van der Waals surface area (Å²) in [6, 6.07) is 8.52. The number of carbonyl (C=O) groups excluding carboxylic acids is 1. The fourth-order valence-electron chi connectivity index (χ4n) is 1.63. The van der Waals surface area contributed by atoms with E-state index in [9.17, 15) is 4.79 Å². The number of nitriles is 1. The van der Waals surface area contributed by atoms with Gasteiger partial charge in [-0.2, -0.15) is 10.4 Å². The van der Waals surface area contributed by atoms with Crippen LogP contribution < -0.4 is 0 Å². The Labute approximate surface area is 110 Å². The monoisotopic (exact) mass is 256 g/mol. The Morgan fingerprint density at radius 1 is 1.53 bits per heavy atom. The van der Waals surface area contributed by atoms with Crippen LogP contribution in [-0.2, 0) is 4.74 Å². The molecule has 0 aliphatic rings. The third kappa shape index (κ3) is 2.60. The van der Waals surface area contributed by atoms with Gasteiger partial charge >= 0.3 is 5.97 Å². The van der Waals surface area contributed by atoms with Gasteiger partial charge in [0.1, 0.15) is 11.8 Å². The molecule has 0 unspecified atom stereocenters. The van der Waals surface area contributed by atoms with Crippen molar-refractivity contribution in [2.24, 2.45) is 0 Å². The standard InChI is InChI=1S/C13H12N4O2/c1-3-19-13(18)11-7-9(2)16-17(11)12-6-4-5-10(8-14)15-12/h4-7H,3H2,1-2H3. The maximum absolute atomic E-state index is 11.8. The second-order valence-corrected chi connectivity index (χ2v) is 3.80. The van der Waals surface area contributed by atoms with E-state index in [1.54, 1.807) is 38.1 Å². The first-order valence-corrected chi connectivity index (χ1v) is 5.77. The van der Waals surface area contributed by atoms with Crippen molar-refractivity contribution in [2.45, 2.75) is 13.8 Å². The third-order valence-electron chi connectivity index (χ3n) is 2.38. The molecule has 2 heterocycles. The molecule has 0 atom stereocenters. The van der Waals surface area contributed by atoms with E-state index in [0.717, 1.165) is 0 Å². The van der Waals surface area contributed by atoms with Crippen molar-refractivity contribution in [1.82, 2.24) is 14.8 Å². The Balaban J connectivity index is 2.50. The van der Waals surface area contributed by atoms with Gasteiger partial charge in [0, 0.05) is 0 Å². The molecule has 0 fully saturated rings. The quantitative estimate of drug-likeness (QED) is 0.779. The number of ether oxygens (including phenoxy) is 1. The number of nitrogens with zero attached hydrogens (tertiary/aromatic N) is 4. The van der Waals surface area contributed by atoms with Crippen LogP contribution >= 0.6 is 0 Å². The number of esters is 1. The number of aryl methyl sites for hydroxylation is 1. The van der Waals surface area contributed by atoms with Crippen molar-refractivity contribution in [3.63, 3.8) is 0 Å². The van der Waals surface area contributed by atoms with Crippen LogP contribution in [0.1, 0.15) is 28.8 Å². The molecule has 0 aromatic carbocycles. The van der Waals surface area contributed by atoms with Gasteiger partial charge in [-0.1, -0.05) is 6.07 Å². The molecule has 0 radical (unpaired) electrons. The van der Waals surface area contributed by atoms with Gasteiger partial charge in [-0.05, 0) is 32.0 Å². The summed E-state index contributed by atoms with van der Waals surface area (Å²) in [5.41, 5.74) is 1.23. The third-order valence-corrected chi connectivity index (χ3v) is 2.38. The number of pyridine rings is 1. The lowest BCUT2D eigenvalue weighted by Gasteiger charge is -2.05. The van der Waals surface area contributed by atoms with Crippen LogP contribution in [0.15, 0.2) is 24.3 Å². The Morgan fingerprint density at radius 3 is 3.00 bits per heavy atom. The van der Waals surface area contributed by atoms with Gasteiger partial charge in [0.15, 0.2) is 11.5 Å². The molecule has 96 valence electrons. The molecule has 0 saturated heterocycles. The minimum Gasteiger partial charge on any atom is -0.461 e. The molecule has 0 N–H and O–H groups in total. The van der Waals surface area contributed by atoms with E-state index < -0.39 is 5.97 Å². The number of carbonyl (C=O) groups is 1. The first kappa shape index (κ1) is 12.8. The highest BCUT2D eigenvalue weighted by Gasteiger charge is 2.17. The summed E-state index contributed by atoms with van der Waals surface area (Å²) < 4.78 is 6.35. The topological polar surface area (TPSA) is 80.8 Å². The maximum Gasteiger partial charge on any atom is 0.357 e. The summed E-state index contributed by atoms with van der Waals surface area (Å²) in [6.45, 7) is 3.79. The van der Waals surface area contributed by atoms with Gasteiger partial charge in [0.05, 0.1) is 12.3 Å². The number of aromatic nitrogens is 3. The van der Waals surface area contributed by atoms with E-state index >= 15 is 0 Å². The highest BCUT2D eigenvalue weighted by atomic mass is 16.5. The summed E-state index contributed by atoms with van der Waals surface area (Å²) >= 11 is 0. The molecule has 6 heteroatoms. The second kappa shape index (κ2) is 5.31. The molecule has 0 aliphatic carbocycles. The Hall–Kier alpha value is -2.68. The number of hydrogen-bond donors (Lipinski definition) is 0. The second-order valence-electron chi connectivity index (χ2n) is 3.80. The zero-order valence-electron chi connectivity index (χ0n) is 10.6. The lowest BCUT2D eigenvalue weighted by Crippen LogP contribution is -2.13. The maximum atomic E-state index is 11.8. The normalized spacial score (nSPS) is 9.95. The summed E-state index contributed by atoms with van der Waals surface area (Å²) in [4.78, 5) is 15.9. The van der Waals surface area contributed by atoms with Gasteiger partial charge in [0.2, 0.25) is 0 Å². The van der Waals surface area contributed by atoms with Gasteiger partial charge < -0.3 is 4.74 Å². The van der Waals surface area contributed by atoms with Crippen LogP contribution in [0, 0.1) is 18.3 Å². The van der Waals surface area contributed by atoms with Gasteiger partial charge in [0.25, 0.3) is 0 Å². The Kier molecular flexibility index (Phi) is 3.57. The minimum absolute atomic E-state index is 0.264. The first-order valence-electron chi connectivity index (χ1n) is 5.77. The number of hydrogen-bond acceptors (Lipinski definition) is 5. The lowest BCUT2D eigenvalue weighted by atomic mass is 10.3. The molecular formula is C13H12N4O2. The average Bonchev–Trinajstić information content (AvgIpc) is 2.81. The van der Waals surface area contributed by atoms with Crippen molar-refractivity contribution >= 4 is 5.97 Å². The minimum atomic E-state index is -0.465. The molecule has 0 amide bonds. The number of rotatable bonds is 3. The average molecular weight is 256 g/mol. The van der Waals surface area contributed by atoms with Gasteiger partial charge in [-0.3, -0.25) is 0 Å². The summed E-state index contributed by atoms with van der Waals surface area (Å²) in [5, 5.41) is 13.0. The van der Waals surface area contributed by atoms with Crippen LogP contribution in [0.2, 0.25) is 0 Å². The van der Waals surface area contributed by atoms with E-state index in [2.05, 4.69) is 10.1 Å². The van der Waals surface area contributed by atoms with Crippen LogP contribution in [0.3, 0.4) is 0 Å². The fraction of sp³-hybridized carbons (Fsp3) is 0.231. The van der Waals surface area contributed by atoms with E-state index in [-0.39, 0.29) is 12.3 Å². The van der Waals surface area contributed by atoms with E-state index in [1.165, 1.54) is 4.68 Å². The molecule has 2 aromatic rings. The molecule has 2 aromatic heterocycles. The zero-order valence-corrected chi connectivity index (χ0v) is 10.6. The summed E-state index contributed by atoms with van der Waals surface area (Å²) in [7, 11) is 0. The highest BCUT2D eigenvalue weighted by molar-refractivity contribution is 5.88. The van der Waals surface area contributed by atoms with Crippen molar-refractivity contribution in [3.8, 4) is 11.9 Å². The molecule has 2 rings (SSSR count). The van der Waals surface area contributed by atoms with Crippen LogP contribution in [-0.4, -0.2) is 27.3 Å². The van der Waals surface area contributed by atoms with Crippen LogP contribution in [0.5, 0.6) is 0 Å². The predicted octanol–water partition coefficient (Wildman–Crippen LogP) is 1.62. The Morgan fingerprint density at radius 2 is 2.32 bits per heavy atom. The summed E-state index contributed by atoms with van der Waals surface area (Å²) in [6.07, 6.45) is 0. The fourth-order valence-corrected chi connectivity index (χ4v) is 1.63. The molecule has 6 nitrogen and oxygen atoms in total. The smallest absolute Gasteiger partial charge is 0.357 e. The zero-order chi connectivity index (χ0) is 13.8. The van der Waals surface area contributed by atoms with Crippen molar-refractivity contribution in [2.75, 3.05) is 6.61 Å². The van der Waals surface area contributed by atoms with E-state index in [4.69, 9.17) is 10.00 Å². The van der Waals surface area contributed by atoms with Crippen molar-refractivity contribution < 1.29 is 9.53 Å². The SMILES string of the molecule is CCOC(=O)c1cc(C)nn1-c1cccc(C#N)n1. The highest BCUT2D eigenvalue weighted by Crippen LogP contribution is 2.12.